The lowest BCUT2D eigenvalue weighted by molar-refractivity contribution is -0.135. The first-order valence-corrected chi connectivity index (χ1v) is 8.01. The van der Waals surface area contributed by atoms with E-state index < -0.39 is 0 Å². The zero-order valence-corrected chi connectivity index (χ0v) is 14.0. The highest BCUT2D eigenvalue weighted by Crippen LogP contribution is 2.27. The quantitative estimate of drug-likeness (QED) is 0.869. The number of fused-ring (bicyclic) bond motifs is 1. The van der Waals surface area contributed by atoms with Crippen molar-refractivity contribution in [1.82, 2.24) is 14.7 Å². The van der Waals surface area contributed by atoms with E-state index in [4.69, 9.17) is 4.74 Å². The van der Waals surface area contributed by atoms with Gasteiger partial charge in [-0.1, -0.05) is 18.2 Å². The van der Waals surface area contributed by atoms with Gasteiger partial charge in [0.05, 0.1) is 18.2 Å². The number of para-hydroxylation sites is 1. The van der Waals surface area contributed by atoms with E-state index in [1.54, 1.807) is 4.90 Å². The Morgan fingerprint density at radius 2 is 2.17 bits per heavy atom. The predicted molar refractivity (Wildman–Crippen MR) is 88.5 cm³/mol. The second-order valence-corrected chi connectivity index (χ2v) is 6.23. The molecule has 5 heteroatoms. The monoisotopic (exact) mass is 313 g/mol. The summed E-state index contributed by atoms with van der Waals surface area (Å²) in [5.74, 6) is 0.943. The van der Waals surface area contributed by atoms with E-state index in [0.29, 0.717) is 19.7 Å². The zero-order chi connectivity index (χ0) is 16.4. The maximum atomic E-state index is 12.6. The summed E-state index contributed by atoms with van der Waals surface area (Å²) >= 11 is 0. The fourth-order valence-electron chi connectivity index (χ4n) is 3.05. The molecule has 0 saturated heterocycles. The molecule has 1 amide bonds. The van der Waals surface area contributed by atoms with Crippen LogP contribution >= 0.6 is 0 Å². The average Bonchev–Trinajstić information content (AvgIpc) is 2.89. The molecule has 0 N–H and O–H groups in total. The summed E-state index contributed by atoms with van der Waals surface area (Å²) in [5, 5.41) is 4.44. The Balaban J connectivity index is 1.59. The molecule has 0 saturated carbocycles. The smallest absolute Gasteiger partial charge is 0.229 e. The molecule has 0 spiro atoms. The lowest BCUT2D eigenvalue weighted by atomic mass is 9.95. The van der Waals surface area contributed by atoms with E-state index in [2.05, 4.69) is 5.10 Å². The van der Waals surface area contributed by atoms with Gasteiger partial charge in [-0.2, -0.15) is 5.10 Å². The highest BCUT2D eigenvalue weighted by Gasteiger charge is 2.27. The third-order valence-corrected chi connectivity index (χ3v) is 4.35. The van der Waals surface area contributed by atoms with Crippen LogP contribution in [0.1, 0.15) is 17.0 Å². The van der Waals surface area contributed by atoms with Gasteiger partial charge in [-0.3, -0.25) is 9.48 Å². The van der Waals surface area contributed by atoms with Crippen LogP contribution in [0, 0.1) is 19.8 Å². The number of hydrogen-bond acceptors (Lipinski definition) is 3. The standard InChI is InChI=1S/C18H23N3O2/c1-13-10-14(2)21(19-13)9-8-20(3)18(22)16-11-15-6-4-5-7-17(15)23-12-16/h4-7,10,16H,8-9,11-12H2,1-3H3/t16-/m1/s1. The number of aryl methyl sites for hydroxylation is 2. The molecule has 122 valence electrons. The van der Waals surface area contributed by atoms with Crippen molar-refractivity contribution in [2.75, 3.05) is 20.2 Å². The number of benzene rings is 1. The van der Waals surface area contributed by atoms with Crippen LogP contribution in [-0.4, -0.2) is 40.8 Å². The Hall–Kier alpha value is -2.30. The van der Waals surface area contributed by atoms with Crippen molar-refractivity contribution < 1.29 is 9.53 Å². The highest BCUT2D eigenvalue weighted by molar-refractivity contribution is 5.79. The molecule has 0 aliphatic carbocycles. The lowest BCUT2D eigenvalue weighted by Crippen LogP contribution is -2.40. The molecule has 0 radical (unpaired) electrons. The number of carbonyl (C=O) groups is 1. The number of hydrogen-bond donors (Lipinski definition) is 0. The highest BCUT2D eigenvalue weighted by atomic mass is 16.5. The Kier molecular flexibility index (Phi) is 4.37. The van der Waals surface area contributed by atoms with Crippen LogP contribution in [0.5, 0.6) is 5.75 Å². The van der Waals surface area contributed by atoms with E-state index in [-0.39, 0.29) is 11.8 Å². The van der Waals surface area contributed by atoms with Gasteiger partial charge in [0.25, 0.3) is 0 Å². The molecule has 3 rings (SSSR count). The number of rotatable bonds is 4. The topological polar surface area (TPSA) is 47.4 Å². The molecule has 1 aromatic heterocycles. The molecule has 2 heterocycles. The van der Waals surface area contributed by atoms with Gasteiger partial charge in [0.15, 0.2) is 0 Å². The Labute approximate surface area is 136 Å². The van der Waals surface area contributed by atoms with E-state index in [1.165, 1.54) is 0 Å². The number of ether oxygens (including phenoxy) is 1. The van der Waals surface area contributed by atoms with Crippen LogP contribution in [-0.2, 0) is 17.8 Å². The third kappa shape index (κ3) is 3.38. The zero-order valence-electron chi connectivity index (χ0n) is 14.0. The Morgan fingerprint density at radius 1 is 1.39 bits per heavy atom. The lowest BCUT2D eigenvalue weighted by Gasteiger charge is -2.28. The summed E-state index contributed by atoms with van der Waals surface area (Å²) in [5.41, 5.74) is 3.25. The van der Waals surface area contributed by atoms with Crippen molar-refractivity contribution in [1.29, 1.82) is 0 Å². The Bertz CT molecular complexity index is 708. The van der Waals surface area contributed by atoms with Crippen molar-refractivity contribution >= 4 is 5.91 Å². The van der Waals surface area contributed by atoms with Crippen molar-refractivity contribution in [3.63, 3.8) is 0 Å². The minimum atomic E-state index is -0.102. The third-order valence-electron chi connectivity index (χ3n) is 4.35. The molecular formula is C18H23N3O2. The maximum Gasteiger partial charge on any atom is 0.229 e. The van der Waals surface area contributed by atoms with Crippen LogP contribution in [0.2, 0.25) is 0 Å². The molecule has 5 nitrogen and oxygen atoms in total. The minimum Gasteiger partial charge on any atom is -0.492 e. The first-order valence-electron chi connectivity index (χ1n) is 8.01. The molecule has 1 aromatic carbocycles. The number of carbonyl (C=O) groups excluding carboxylic acids is 1. The molecule has 1 aliphatic heterocycles. The summed E-state index contributed by atoms with van der Waals surface area (Å²) in [6.45, 7) is 5.84. The van der Waals surface area contributed by atoms with Crippen LogP contribution in [0.15, 0.2) is 30.3 Å². The molecule has 0 bridgehead atoms. The molecular weight excluding hydrogens is 290 g/mol. The van der Waals surface area contributed by atoms with Gasteiger partial charge in [0.2, 0.25) is 5.91 Å². The van der Waals surface area contributed by atoms with Gasteiger partial charge < -0.3 is 9.64 Å². The van der Waals surface area contributed by atoms with E-state index in [1.807, 2.05) is 55.9 Å². The van der Waals surface area contributed by atoms with E-state index in [0.717, 1.165) is 29.1 Å². The molecule has 23 heavy (non-hydrogen) atoms. The van der Waals surface area contributed by atoms with Crippen LogP contribution < -0.4 is 4.74 Å². The van der Waals surface area contributed by atoms with Crippen LogP contribution in [0.25, 0.3) is 0 Å². The summed E-state index contributed by atoms with van der Waals surface area (Å²) in [4.78, 5) is 14.4. The van der Waals surface area contributed by atoms with Crippen molar-refractivity contribution in [2.45, 2.75) is 26.8 Å². The minimum absolute atomic E-state index is 0.102. The summed E-state index contributed by atoms with van der Waals surface area (Å²) < 4.78 is 7.68. The van der Waals surface area contributed by atoms with E-state index in [9.17, 15) is 4.79 Å². The largest absolute Gasteiger partial charge is 0.492 e. The number of nitrogens with zero attached hydrogens (tertiary/aromatic N) is 3. The first kappa shape index (κ1) is 15.6. The molecule has 0 fully saturated rings. The number of aromatic nitrogens is 2. The summed E-state index contributed by atoms with van der Waals surface area (Å²) in [6, 6.07) is 9.99. The summed E-state index contributed by atoms with van der Waals surface area (Å²) in [6.07, 6.45) is 0.749. The Morgan fingerprint density at radius 3 is 2.91 bits per heavy atom. The van der Waals surface area contributed by atoms with Crippen molar-refractivity contribution in [3.05, 3.63) is 47.3 Å². The number of amides is 1. The van der Waals surface area contributed by atoms with Gasteiger partial charge in [-0.05, 0) is 38.0 Å². The van der Waals surface area contributed by atoms with E-state index >= 15 is 0 Å². The SMILES string of the molecule is Cc1cc(C)n(CCN(C)C(=O)[C@H]2COc3ccccc3C2)n1. The van der Waals surface area contributed by atoms with Crippen molar-refractivity contribution in [3.8, 4) is 5.75 Å². The molecule has 1 atom stereocenters. The second kappa shape index (κ2) is 6.44. The molecule has 2 aromatic rings. The van der Waals surface area contributed by atoms with Crippen LogP contribution in [0.4, 0.5) is 0 Å². The fraction of sp³-hybridized carbons (Fsp3) is 0.444. The fourth-order valence-corrected chi connectivity index (χ4v) is 3.05. The van der Waals surface area contributed by atoms with Gasteiger partial charge in [-0.15, -0.1) is 0 Å². The molecule has 1 aliphatic rings. The molecule has 0 unspecified atom stereocenters. The predicted octanol–water partition coefficient (Wildman–Crippen LogP) is 2.21. The normalized spacial score (nSPS) is 16.6. The number of likely N-dealkylation sites (N-methyl/N-ethyl adjacent to an activating group) is 1. The average molecular weight is 313 g/mol. The van der Waals surface area contributed by atoms with Crippen LogP contribution in [0.3, 0.4) is 0 Å². The van der Waals surface area contributed by atoms with Crippen molar-refractivity contribution in [2.24, 2.45) is 5.92 Å². The maximum absolute atomic E-state index is 12.6. The second-order valence-electron chi connectivity index (χ2n) is 6.23. The summed E-state index contributed by atoms with van der Waals surface area (Å²) in [7, 11) is 1.86. The van der Waals surface area contributed by atoms with Gasteiger partial charge >= 0.3 is 0 Å². The van der Waals surface area contributed by atoms with Gasteiger partial charge in [0.1, 0.15) is 12.4 Å². The first-order chi connectivity index (χ1) is 11.0. The van der Waals surface area contributed by atoms with Gasteiger partial charge in [-0.25, -0.2) is 0 Å². The van der Waals surface area contributed by atoms with Gasteiger partial charge in [0, 0.05) is 19.3 Å².